The Bertz CT molecular complexity index is 860. The summed E-state index contributed by atoms with van der Waals surface area (Å²) in [5.41, 5.74) is 0.369. The SMILES string of the molecule is CCN(CC1CCCO1)C(=O)c1cccc(S(=O)(=O)NCc2cccs2)c1. The zero-order valence-electron chi connectivity index (χ0n) is 15.3. The van der Waals surface area contributed by atoms with Gasteiger partial charge < -0.3 is 9.64 Å². The van der Waals surface area contributed by atoms with Crippen molar-refractivity contribution in [1.29, 1.82) is 0 Å². The van der Waals surface area contributed by atoms with Crippen molar-refractivity contribution in [2.24, 2.45) is 0 Å². The Hall–Kier alpha value is -1.74. The normalized spacial score (nSPS) is 17.1. The molecule has 1 aromatic carbocycles. The summed E-state index contributed by atoms with van der Waals surface area (Å²) in [6.45, 7) is 3.96. The summed E-state index contributed by atoms with van der Waals surface area (Å²) in [6, 6.07) is 9.95. The second-order valence-electron chi connectivity index (χ2n) is 6.41. The van der Waals surface area contributed by atoms with Crippen LogP contribution in [0.4, 0.5) is 0 Å². The lowest BCUT2D eigenvalue weighted by Gasteiger charge is -2.24. The van der Waals surface area contributed by atoms with E-state index in [4.69, 9.17) is 4.74 Å². The van der Waals surface area contributed by atoms with E-state index in [1.807, 2.05) is 24.4 Å². The lowest BCUT2D eigenvalue weighted by Crippen LogP contribution is -2.37. The first-order valence-electron chi connectivity index (χ1n) is 9.02. The van der Waals surface area contributed by atoms with Crippen LogP contribution >= 0.6 is 11.3 Å². The third kappa shape index (κ3) is 5.16. The number of thiophene rings is 1. The van der Waals surface area contributed by atoms with E-state index in [0.29, 0.717) is 18.7 Å². The molecule has 1 aliphatic rings. The maximum absolute atomic E-state index is 12.8. The average molecular weight is 409 g/mol. The van der Waals surface area contributed by atoms with Gasteiger partial charge in [-0.1, -0.05) is 12.1 Å². The molecule has 2 aromatic rings. The van der Waals surface area contributed by atoms with E-state index in [2.05, 4.69) is 4.72 Å². The number of benzene rings is 1. The number of rotatable bonds is 8. The summed E-state index contributed by atoms with van der Waals surface area (Å²) in [7, 11) is -3.69. The van der Waals surface area contributed by atoms with Crippen LogP contribution in [0.5, 0.6) is 0 Å². The minimum absolute atomic E-state index is 0.0632. The molecule has 1 aromatic heterocycles. The van der Waals surface area contributed by atoms with Crippen LogP contribution in [0.15, 0.2) is 46.7 Å². The number of carbonyl (C=O) groups excluding carboxylic acids is 1. The second kappa shape index (κ2) is 8.97. The van der Waals surface area contributed by atoms with Gasteiger partial charge in [-0.05, 0) is 49.4 Å². The number of sulfonamides is 1. The highest BCUT2D eigenvalue weighted by Crippen LogP contribution is 2.18. The van der Waals surface area contributed by atoms with Crippen molar-refractivity contribution >= 4 is 27.3 Å². The molecule has 0 radical (unpaired) electrons. The van der Waals surface area contributed by atoms with Gasteiger partial charge in [0.2, 0.25) is 10.0 Å². The molecule has 1 fully saturated rings. The highest BCUT2D eigenvalue weighted by atomic mass is 32.2. The van der Waals surface area contributed by atoms with Crippen LogP contribution in [0, 0.1) is 0 Å². The van der Waals surface area contributed by atoms with Crippen molar-refractivity contribution in [3.63, 3.8) is 0 Å². The van der Waals surface area contributed by atoms with Crippen molar-refractivity contribution in [2.75, 3.05) is 19.7 Å². The monoisotopic (exact) mass is 408 g/mol. The molecule has 3 rings (SSSR count). The lowest BCUT2D eigenvalue weighted by atomic mass is 10.1. The Kier molecular flexibility index (Phi) is 6.64. The molecule has 1 amide bonds. The number of hydrogen-bond acceptors (Lipinski definition) is 5. The molecule has 1 aliphatic heterocycles. The summed E-state index contributed by atoms with van der Waals surface area (Å²) in [5.74, 6) is -0.177. The molecule has 0 bridgehead atoms. The molecule has 1 unspecified atom stereocenters. The predicted octanol–water partition coefficient (Wildman–Crippen LogP) is 2.87. The van der Waals surface area contributed by atoms with E-state index in [1.165, 1.54) is 23.5 Å². The molecule has 1 atom stereocenters. The molecule has 2 heterocycles. The first kappa shape index (κ1) is 20.0. The van der Waals surface area contributed by atoms with Crippen LogP contribution in [-0.4, -0.2) is 45.0 Å². The standard InChI is InChI=1S/C19H24N2O4S2/c1-2-21(14-16-7-4-10-25-16)19(22)15-6-3-9-18(12-15)27(23,24)20-13-17-8-5-11-26-17/h3,5-6,8-9,11-12,16,20H,2,4,7,10,13-14H2,1H3. The van der Waals surface area contributed by atoms with E-state index < -0.39 is 10.0 Å². The van der Waals surface area contributed by atoms with Crippen LogP contribution < -0.4 is 4.72 Å². The topological polar surface area (TPSA) is 75.7 Å². The fraction of sp³-hybridized carbons (Fsp3) is 0.421. The zero-order valence-corrected chi connectivity index (χ0v) is 16.9. The van der Waals surface area contributed by atoms with Crippen molar-refractivity contribution in [2.45, 2.75) is 37.3 Å². The Morgan fingerprint density at radius 1 is 1.33 bits per heavy atom. The summed E-state index contributed by atoms with van der Waals surface area (Å²) < 4.78 is 33.3. The van der Waals surface area contributed by atoms with Gasteiger partial charge >= 0.3 is 0 Å². The number of nitrogens with zero attached hydrogens (tertiary/aromatic N) is 1. The molecule has 0 spiro atoms. The maximum atomic E-state index is 12.8. The average Bonchev–Trinajstić information content (AvgIpc) is 3.38. The Labute approximate surface area is 164 Å². The van der Waals surface area contributed by atoms with Crippen LogP contribution in [-0.2, 0) is 21.3 Å². The van der Waals surface area contributed by atoms with Crippen LogP contribution in [0.1, 0.15) is 35.0 Å². The summed E-state index contributed by atoms with van der Waals surface area (Å²) >= 11 is 1.49. The fourth-order valence-corrected chi connectivity index (χ4v) is 4.82. The molecule has 1 saturated heterocycles. The molecule has 8 heteroatoms. The van der Waals surface area contributed by atoms with E-state index >= 15 is 0 Å². The molecule has 1 N–H and O–H groups in total. The summed E-state index contributed by atoms with van der Waals surface area (Å²) in [4.78, 5) is 15.6. The van der Waals surface area contributed by atoms with Crippen LogP contribution in [0.25, 0.3) is 0 Å². The number of ether oxygens (including phenoxy) is 1. The molecule has 146 valence electrons. The number of hydrogen-bond donors (Lipinski definition) is 1. The number of amides is 1. The highest BCUT2D eigenvalue weighted by Gasteiger charge is 2.23. The fourth-order valence-electron chi connectivity index (χ4n) is 3.03. The molecule has 0 saturated carbocycles. The Morgan fingerprint density at radius 2 is 2.19 bits per heavy atom. The minimum Gasteiger partial charge on any atom is -0.376 e. The first-order valence-corrected chi connectivity index (χ1v) is 11.4. The van der Waals surface area contributed by atoms with Gasteiger partial charge in [-0.3, -0.25) is 4.79 Å². The van der Waals surface area contributed by atoms with E-state index in [1.54, 1.807) is 17.0 Å². The smallest absolute Gasteiger partial charge is 0.253 e. The third-order valence-electron chi connectivity index (χ3n) is 4.52. The van der Waals surface area contributed by atoms with Crippen molar-refractivity contribution in [3.05, 3.63) is 52.2 Å². The molecular weight excluding hydrogens is 384 g/mol. The van der Waals surface area contributed by atoms with E-state index in [0.717, 1.165) is 24.3 Å². The maximum Gasteiger partial charge on any atom is 0.253 e. The highest BCUT2D eigenvalue weighted by molar-refractivity contribution is 7.89. The van der Waals surface area contributed by atoms with Gasteiger partial charge in [-0.2, -0.15) is 0 Å². The van der Waals surface area contributed by atoms with Gasteiger partial charge in [0.15, 0.2) is 0 Å². The number of carbonyl (C=O) groups is 1. The van der Waals surface area contributed by atoms with Crippen molar-refractivity contribution in [1.82, 2.24) is 9.62 Å². The quantitative estimate of drug-likeness (QED) is 0.729. The Morgan fingerprint density at radius 3 is 2.85 bits per heavy atom. The minimum atomic E-state index is -3.69. The predicted molar refractivity (Wildman–Crippen MR) is 105 cm³/mol. The van der Waals surface area contributed by atoms with Gasteiger partial charge in [0.05, 0.1) is 11.0 Å². The van der Waals surface area contributed by atoms with Crippen LogP contribution in [0.2, 0.25) is 0 Å². The molecular formula is C19H24N2O4S2. The van der Waals surface area contributed by atoms with Crippen LogP contribution in [0.3, 0.4) is 0 Å². The first-order chi connectivity index (χ1) is 13.0. The van der Waals surface area contributed by atoms with Gasteiger partial charge in [0.1, 0.15) is 0 Å². The summed E-state index contributed by atoms with van der Waals surface area (Å²) in [6.07, 6.45) is 2.03. The van der Waals surface area contributed by atoms with E-state index in [9.17, 15) is 13.2 Å². The van der Waals surface area contributed by atoms with Gasteiger partial charge in [-0.15, -0.1) is 11.3 Å². The molecule has 0 aliphatic carbocycles. The Balaban J connectivity index is 1.72. The van der Waals surface area contributed by atoms with Gasteiger partial charge in [0.25, 0.3) is 5.91 Å². The molecule has 6 nitrogen and oxygen atoms in total. The lowest BCUT2D eigenvalue weighted by molar-refractivity contribution is 0.0539. The summed E-state index contributed by atoms with van der Waals surface area (Å²) in [5, 5.41) is 1.90. The third-order valence-corrected chi connectivity index (χ3v) is 6.80. The largest absolute Gasteiger partial charge is 0.376 e. The van der Waals surface area contributed by atoms with E-state index in [-0.39, 0.29) is 23.5 Å². The van der Waals surface area contributed by atoms with Crippen molar-refractivity contribution < 1.29 is 17.9 Å². The number of likely N-dealkylation sites (N-methyl/N-ethyl adjacent to an activating group) is 1. The van der Waals surface area contributed by atoms with Crippen molar-refractivity contribution in [3.8, 4) is 0 Å². The molecule has 27 heavy (non-hydrogen) atoms. The van der Waals surface area contributed by atoms with Gasteiger partial charge in [0, 0.05) is 36.7 Å². The van der Waals surface area contributed by atoms with Gasteiger partial charge in [-0.25, -0.2) is 13.1 Å². The zero-order chi connectivity index (χ0) is 19.3. The second-order valence-corrected chi connectivity index (χ2v) is 9.21. The number of nitrogens with one attached hydrogen (secondary N) is 1.